The molecule has 2 aliphatic carbocycles. The minimum Gasteiger partial charge on any atom is -0.487 e. The van der Waals surface area contributed by atoms with Crippen LogP contribution in [0.5, 0.6) is 5.75 Å². The lowest BCUT2D eigenvalue weighted by Gasteiger charge is -2.55. The maximum Gasteiger partial charge on any atom is 0.165 e. The standard InChI is InChI=1S/C15H18BrFO2/c16-10-4-5-11(17)12(8-10)19-14-9-13(18)15(14)6-2-1-3-7-15/h4-5,8,13-14,18H,1-3,6-7,9H2. The molecule has 3 rings (SSSR count). The molecule has 1 aromatic rings. The third-order valence-electron chi connectivity index (χ3n) is 4.69. The number of halogens is 2. The molecule has 2 saturated carbocycles. The summed E-state index contributed by atoms with van der Waals surface area (Å²) in [6.07, 6.45) is 5.77. The van der Waals surface area contributed by atoms with E-state index in [1.54, 1.807) is 12.1 Å². The van der Waals surface area contributed by atoms with E-state index in [1.165, 1.54) is 12.5 Å². The minimum absolute atomic E-state index is 0.0494. The van der Waals surface area contributed by atoms with Gasteiger partial charge in [0.25, 0.3) is 0 Å². The summed E-state index contributed by atoms with van der Waals surface area (Å²) in [5.74, 6) is -0.0493. The molecule has 2 unspecified atom stereocenters. The highest BCUT2D eigenvalue weighted by atomic mass is 79.9. The summed E-state index contributed by atoms with van der Waals surface area (Å²) in [4.78, 5) is 0. The van der Waals surface area contributed by atoms with Gasteiger partial charge in [-0.15, -0.1) is 0 Å². The van der Waals surface area contributed by atoms with Crippen molar-refractivity contribution in [2.24, 2.45) is 5.41 Å². The lowest BCUT2D eigenvalue weighted by molar-refractivity contribution is -0.172. The summed E-state index contributed by atoms with van der Waals surface area (Å²) in [5.41, 5.74) is -0.132. The Hall–Kier alpha value is -0.610. The van der Waals surface area contributed by atoms with E-state index < -0.39 is 0 Å². The van der Waals surface area contributed by atoms with Crippen LogP contribution in [0.15, 0.2) is 22.7 Å². The van der Waals surface area contributed by atoms with Gasteiger partial charge >= 0.3 is 0 Å². The fourth-order valence-electron chi connectivity index (χ4n) is 3.48. The second kappa shape index (κ2) is 5.06. The lowest BCUT2D eigenvalue weighted by Crippen LogP contribution is -2.60. The highest BCUT2D eigenvalue weighted by Gasteiger charge is 2.56. The van der Waals surface area contributed by atoms with Gasteiger partial charge in [0, 0.05) is 16.3 Å². The molecular weight excluding hydrogens is 311 g/mol. The summed E-state index contributed by atoms with van der Waals surface area (Å²) in [7, 11) is 0. The van der Waals surface area contributed by atoms with Crippen LogP contribution in [-0.2, 0) is 0 Å². The van der Waals surface area contributed by atoms with Crippen LogP contribution in [0.1, 0.15) is 38.5 Å². The third kappa shape index (κ3) is 2.29. The first-order chi connectivity index (χ1) is 9.12. The van der Waals surface area contributed by atoms with E-state index in [9.17, 15) is 9.50 Å². The maximum atomic E-state index is 13.7. The van der Waals surface area contributed by atoms with Crippen LogP contribution in [0.2, 0.25) is 0 Å². The van der Waals surface area contributed by atoms with Crippen LogP contribution in [0, 0.1) is 11.2 Å². The van der Waals surface area contributed by atoms with E-state index in [1.807, 2.05) is 0 Å². The molecular formula is C15H18BrFO2. The normalized spacial score (nSPS) is 29.0. The number of hydrogen-bond acceptors (Lipinski definition) is 2. The number of rotatable bonds is 2. The Balaban J connectivity index is 1.78. The Bertz CT molecular complexity index is 471. The number of ether oxygens (including phenoxy) is 1. The summed E-state index contributed by atoms with van der Waals surface area (Å²) in [5, 5.41) is 10.1. The quantitative estimate of drug-likeness (QED) is 0.887. The second-order valence-electron chi connectivity index (χ2n) is 5.73. The zero-order chi connectivity index (χ0) is 13.5. The molecule has 2 fully saturated rings. The van der Waals surface area contributed by atoms with Gasteiger partial charge in [0.05, 0.1) is 6.10 Å². The van der Waals surface area contributed by atoms with Gasteiger partial charge in [-0.05, 0) is 31.0 Å². The molecule has 0 saturated heterocycles. The van der Waals surface area contributed by atoms with E-state index in [4.69, 9.17) is 4.74 Å². The van der Waals surface area contributed by atoms with Crippen LogP contribution in [-0.4, -0.2) is 17.3 Å². The van der Waals surface area contributed by atoms with Gasteiger partial charge < -0.3 is 9.84 Å². The van der Waals surface area contributed by atoms with Gasteiger partial charge in [-0.25, -0.2) is 4.39 Å². The van der Waals surface area contributed by atoms with E-state index in [-0.39, 0.29) is 29.2 Å². The molecule has 0 amide bonds. The van der Waals surface area contributed by atoms with Crippen LogP contribution >= 0.6 is 15.9 Å². The van der Waals surface area contributed by atoms with Gasteiger partial charge in [0.2, 0.25) is 0 Å². The van der Waals surface area contributed by atoms with Crippen molar-refractivity contribution in [3.63, 3.8) is 0 Å². The van der Waals surface area contributed by atoms with Gasteiger partial charge in [-0.3, -0.25) is 0 Å². The SMILES string of the molecule is OC1CC(Oc2cc(Br)ccc2F)C12CCCCC2. The van der Waals surface area contributed by atoms with Gasteiger partial charge in [-0.1, -0.05) is 35.2 Å². The summed E-state index contributed by atoms with van der Waals surface area (Å²) in [6, 6.07) is 4.73. The van der Waals surface area contributed by atoms with Crippen molar-refractivity contribution in [3.8, 4) is 5.75 Å². The van der Waals surface area contributed by atoms with Crippen molar-refractivity contribution >= 4 is 15.9 Å². The Morgan fingerprint density at radius 1 is 1.26 bits per heavy atom. The molecule has 0 bridgehead atoms. The van der Waals surface area contributed by atoms with E-state index in [0.29, 0.717) is 6.42 Å². The summed E-state index contributed by atoms with van der Waals surface area (Å²) < 4.78 is 20.4. The van der Waals surface area contributed by atoms with Crippen LogP contribution in [0.25, 0.3) is 0 Å². The number of aliphatic hydroxyl groups excluding tert-OH is 1. The van der Waals surface area contributed by atoms with Crippen molar-refractivity contribution in [1.29, 1.82) is 0 Å². The highest BCUT2D eigenvalue weighted by Crippen LogP contribution is 2.53. The number of benzene rings is 1. The average molecular weight is 329 g/mol. The molecule has 0 heterocycles. The molecule has 4 heteroatoms. The van der Waals surface area contributed by atoms with Crippen molar-refractivity contribution in [3.05, 3.63) is 28.5 Å². The molecule has 0 aliphatic heterocycles. The zero-order valence-electron chi connectivity index (χ0n) is 10.7. The fraction of sp³-hybridized carbons (Fsp3) is 0.600. The Kier molecular flexibility index (Phi) is 3.56. The third-order valence-corrected chi connectivity index (χ3v) is 5.18. The predicted molar refractivity (Wildman–Crippen MR) is 74.7 cm³/mol. The van der Waals surface area contributed by atoms with E-state index in [0.717, 1.165) is 30.2 Å². The van der Waals surface area contributed by atoms with Gasteiger partial charge in [-0.2, -0.15) is 0 Å². The Morgan fingerprint density at radius 2 is 2.00 bits per heavy atom. The van der Waals surface area contributed by atoms with Crippen molar-refractivity contribution in [2.75, 3.05) is 0 Å². The van der Waals surface area contributed by atoms with Crippen molar-refractivity contribution in [1.82, 2.24) is 0 Å². The molecule has 0 aromatic heterocycles. The van der Waals surface area contributed by atoms with Gasteiger partial charge in [0.1, 0.15) is 6.10 Å². The smallest absolute Gasteiger partial charge is 0.165 e. The maximum absolute atomic E-state index is 13.7. The second-order valence-corrected chi connectivity index (χ2v) is 6.64. The minimum atomic E-state index is -0.337. The van der Waals surface area contributed by atoms with Crippen LogP contribution in [0.3, 0.4) is 0 Å². The first-order valence-corrected chi connectivity index (χ1v) is 7.71. The molecule has 0 radical (unpaired) electrons. The summed E-state index contributed by atoms with van der Waals surface area (Å²) in [6.45, 7) is 0. The predicted octanol–water partition coefficient (Wildman–Crippen LogP) is 4.05. The fourth-order valence-corrected chi connectivity index (χ4v) is 3.82. The molecule has 1 aromatic carbocycles. The highest BCUT2D eigenvalue weighted by molar-refractivity contribution is 9.10. The Labute approximate surface area is 121 Å². The topological polar surface area (TPSA) is 29.5 Å². The molecule has 2 atom stereocenters. The average Bonchev–Trinajstić information content (AvgIpc) is 2.43. The first kappa shape index (κ1) is 13.4. The van der Waals surface area contributed by atoms with E-state index in [2.05, 4.69) is 15.9 Å². The van der Waals surface area contributed by atoms with Crippen molar-refractivity contribution < 1.29 is 14.2 Å². The van der Waals surface area contributed by atoms with E-state index >= 15 is 0 Å². The molecule has 1 spiro atoms. The lowest BCUT2D eigenvalue weighted by atomic mass is 9.56. The monoisotopic (exact) mass is 328 g/mol. The molecule has 104 valence electrons. The summed E-state index contributed by atoms with van der Waals surface area (Å²) >= 11 is 3.33. The largest absolute Gasteiger partial charge is 0.487 e. The zero-order valence-corrected chi connectivity index (χ0v) is 12.3. The molecule has 2 aliphatic rings. The Morgan fingerprint density at radius 3 is 2.68 bits per heavy atom. The van der Waals surface area contributed by atoms with Crippen molar-refractivity contribution in [2.45, 2.75) is 50.7 Å². The number of aliphatic hydroxyl groups is 1. The molecule has 1 N–H and O–H groups in total. The molecule has 19 heavy (non-hydrogen) atoms. The number of hydrogen-bond donors (Lipinski definition) is 1. The van der Waals surface area contributed by atoms with Gasteiger partial charge in [0.15, 0.2) is 11.6 Å². The molecule has 2 nitrogen and oxygen atoms in total. The first-order valence-electron chi connectivity index (χ1n) is 6.91. The van der Waals surface area contributed by atoms with Crippen LogP contribution < -0.4 is 4.74 Å². The van der Waals surface area contributed by atoms with Crippen LogP contribution in [0.4, 0.5) is 4.39 Å².